The minimum atomic E-state index is -0.623. The molecular formula is C12H17N3O5. The van der Waals surface area contributed by atoms with E-state index < -0.39 is 29.7 Å². The molecule has 1 aromatic heterocycles. The third-order valence-electron chi connectivity index (χ3n) is 2.61. The van der Waals surface area contributed by atoms with Gasteiger partial charge in [0.1, 0.15) is 5.82 Å². The van der Waals surface area contributed by atoms with Crippen LogP contribution in [0.15, 0.2) is 15.7 Å². The zero-order valence-electron chi connectivity index (χ0n) is 11.8. The number of nitrogens with zero attached hydrogens (tertiary/aromatic N) is 2. The van der Waals surface area contributed by atoms with Crippen LogP contribution in [0.25, 0.3) is 0 Å². The second-order valence-electron chi connectivity index (χ2n) is 4.58. The van der Waals surface area contributed by atoms with Crippen LogP contribution >= 0.6 is 0 Å². The van der Waals surface area contributed by atoms with Gasteiger partial charge < -0.3 is 10.1 Å². The third-order valence-corrected chi connectivity index (χ3v) is 2.61. The number of amides is 1. The molecule has 1 rings (SSSR count). The second-order valence-corrected chi connectivity index (χ2v) is 4.58. The molecule has 0 unspecified atom stereocenters. The van der Waals surface area contributed by atoms with E-state index in [0.29, 0.717) is 0 Å². The highest BCUT2D eigenvalue weighted by molar-refractivity contribution is 5.92. The van der Waals surface area contributed by atoms with Crippen LogP contribution < -0.4 is 16.6 Å². The summed E-state index contributed by atoms with van der Waals surface area (Å²) in [5.74, 6) is -1.42. The summed E-state index contributed by atoms with van der Waals surface area (Å²) in [4.78, 5) is 45.9. The van der Waals surface area contributed by atoms with Gasteiger partial charge in [-0.3, -0.25) is 23.5 Å². The van der Waals surface area contributed by atoms with Crippen LogP contribution in [0.2, 0.25) is 0 Å². The van der Waals surface area contributed by atoms with Gasteiger partial charge in [-0.2, -0.15) is 0 Å². The molecular weight excluding hydrogens is 266 g/mol. The number of nitrogens with one attached hydrogen (secondary N) is 1. The van der Waals surface area contributed by atoms with Crippen molar-refractivity contribution in [3.05, 3.63) is 26.9 Å². The highest BCUT2D eigenvalue weighted by atomic mass is 16.5. The fourth-order valence-corrected chi connectivity index (χ4v) is 1.34. The Hall–Kier alpha value is -2.38. The van der Waals surface area contributed by atoms with Crippen molar-refractivity contribution in [2.24, 2.45) is 20.0 Å². The number of ether oxygens (including phenoxy) is 1. The van der Waals surface area contributed by atoms with E-state index in [2.05, 4.69) is 5.32 Å². The van der Waals surface area contributed by atoms with E-state index in [9.17, 15) is 19.2 Å². The predicted molar refractivity (Wildman–Crippen MR) is 71.4 cm³/mol. The number of aromatic nitrogens is 2. The molecule has 110 valence electrons. The lowest BCUT2D eigenvalue weighted by molar-refractivity contribution is -0.150. The number of anilines is 1. The van der Waals surface area contributed by atoms with Gasteiger partial charge >= 0.3 is 11.7 Å². The molecule has 0 saturated carbocycles. The minimum absolute atomic E-state index is 0.0451. The largest absolute Gasteiger partial charge is 0.455 e. The minimum Gasteiger partial charge on any atom is -0.455 e. The number of carbonyl (C=O) groups excluding carboxylic acids is 2. The monoisotopic (exact) mass is 283 g/mol. The van der Waals surface area contributed by atoms with Gasteiger partial charge in [0, 0.05) is 20.2 Å². The first-order valence-electron chi connectivity index (χ1n) is 5.97. The molecule has 0 aliphatic rings. The van der Waals surface area contributed by atoms with Gasteiger partial charge in [-0.1, -0.05) is 13.8 Å². The van der Waals surface area contributed by atoms with Crippen molar-refractivity contribution in [2.75, 3.05) is 11.9 Å². The average molecular weight is 283 g/mol. The van der Waals surface area contributed by atoms with Gasteiger partial charge in [0.25, 0.3) is 11.5 Å². The Kier molecular flexibility index (Phi) is 4.84. The first kappa shape index (κ1) is 15.7. The van der Waals surface area contributed by atoms with Crippen LogP contribution in [0.1, 0.15) is 13.8 Å². The smallest absolute Gasteiger partial charge is 0.332 e. The first-order chi connectivity index (χ1) is 9.23. The molecule has 1 aromatic rings. The van der Waals surface area contributed by atoms with Crippen LogP contribution in [-0.4, -0.2) is 27.6 Å². The molecule has 0 aliphatic heterocycles. The summed E-state index contributed by atoms with van der Waals surface area (Å²) in [7, 11) is 2.75. The van der Waals surface area contributed by atoms with Crippen LogP contribution in [-0.2, 0) is 28.4 Å². The summed E-state index contributed by atoms with van der Waals surface area (Å²) in [6.07, 6.45) is 0. The summed E-state index contributed by atoms with van der Waals surface area (Å²) < 4.78 is 6.77. The van der Waals surface area contributed by atoms with Crippen LogP contribution in [0.3, 0.4) is 0 Å². The van der Waals surface area contributed by atoms with Gasteiger partial charge in [-0.15, -0.1) is 0 Å². The highest BCUT2D eigenvalue weighted by Gasteiger charge is 2.13. The summed E-state index contributed by atoms with van der Waals surface area (Å²) in [6, 6.07) is 1.11. The zero-order chi connectivity index (χ0) is 15.4. The van der Waals surface area contributed by atoms with Gasteiger partial charge in [0.05, 0.1) is 5.92 Å². The van der Waals surface area contributed by atoms with Crippen molar-refractivity contribution in [1.82, 2.24) is 9.13 Å². The zero-order valence-corrected chi connectivity index (χ0v) is 11.8. The van der Waals surface area contributed by atoms with Crippen molar-refractivity contribution in [1.29, 1.82) is 0 Å². The lowest BCUT2D eigenvalue weighted by Crippen LogP contribution is -2.38. The number of hydrogen-bond acceptors (Lipinski definition) is 5. The van der Waals surface area contributed by atoms with Crippen LogP contribution in [0.5, 0.6) is 0 Å². The van der Waals surface area contributed by atoms with E-state index in [1.807, 2.05) is 0 Å². The number of hydrogen-bond donors (Lipinski definition) is 1. The van der Waals surface area contributed by atoms with Crippen molar-refractivity contribution in [3.8, 4) is 0 Å². The van der Waals surface area contributed by atoms with Gasteiger partial charge in [0.2, 0.25) is 0 Å². The molecule has 0 saturated heterocycles. The van der Waals surface area contributed by atoms with E-state index in [0.717, 1.165) is 15.2 Å². The summed E-state index contributed by atoms with van der Waals surface area (Å²) >= 11 is 0. The van der Waals surface area contributed by atoms with Crippen LogP contribution in [0, 0.1) is 5.92 Å². The average Bonchev–Trinajstić information content (AvgIpc) is 2.39. The predicted octanol–water partition coefficient (Wildman–Crippen LogP) is -0.778. The molecule has 1 N–H and O–H groups in total. The Bertz CT molecular complexity index is 641. The molecule has 0 fully saturated rings. The summed E-state index contributed by atoms with van der Waals surface area (Å²) in [5, 5.41) is 2.35. The Balaban J connectivity index is 2.80. The van der Waals surface area contributed by atoms with Crippen LogP contribution in [0.4, 0.5) is 5.82 Å². The van der Waals surface area contributed by atoms with Crippen molar-refractivity contribution < 1.29 is 14.3 Å². The fourth-order valence-electron chi connectivity index (χ4n) is 1.34. The molecule has 0 aliphatic carbocycles. The topological polar surface area (TPSA) is 99.4 Å². The standard InChI is InChI=1S/C12H17N3O5/c1-7(2)11(18)20-6-9(16)13-8-5-10(17)15(4)12(19)14(8)3/h5,7H,6H2,1-4H3,(H,13,16). The molecule has 1 heterocycles. The second kappa shape index (κ2) is 6.18. The maximum Gasteiger partial charge on any atom is 0.332 e. The maximum atomic E-state index is 11.6. The number of esters is 1. The number of rotatable bonds is 4. The molecule has 0 radical (unpaired) electrons. The van der Waals surface area contributed by atoms with E-state index in [1.54, 1.807) is 13.8 Å². The Labute approximate surface area is 115 Å². The van der Waals surface area contributed by atoms with Crippen molar-refractivity contribution in [2.45, 2.75) is 13.8 Å². The quantitative estimate of drug-likeness (QED) is 0.731. The Morgan fingerprint density at radius 3 is 2.40 bits per heavy atom. The summed E-state index contributed by atoms with van der Waals surface area (Å²) in [5.41, 5.74) is -1.10. The summed E-state index contributed by atoms with van der Waals surface area (Å²) in [6.45, 7) is 2.82. The molecule has 0 bridgehead atoms. The van der Waals surface area contributed by atoms with Gasteiger partial charge in [-0.05, 0) is 0 Å². The number of carbonyl (C=O) groups is 2. The molecule has 0 atom stereocenters. The van der Waals surface area contributed by atoms with E-state index in [1.165, 1.54) is 14.1 Å². The maximum absolute atomic E-state index is 11.6. The van der Waals surface area contributed by atoms with Gasteiger partial charge in [-0.25, -0.2) is 4.79 Å². The molecule has 1 amide bonds. The lowest BCUT2D eigenvalue weighted by Gasteiger charge is -2.11. The SMILES string of the molecule is CC(C)C(=O)OCC(=O)Nc1cc(=O)n(C)c(=O)n1C. The molecule has 0 aromatic carbocycles. The van der Waals surface area contributed by atoms with E-state index in [4.69, 9.17) is 4.74 Å². The normalized spacial score (nSPS) is 10.4. The molecule has 8 nitrogen and oxygen atoms in total. The fraction of sp³-hybridized carbons (Fsp3) is 0.500. The molecule has 8 heteroatoms. The Morgan fingerprint density at radius 1 is 1.25 bits per heavy atom. The lowest BCUT2D eigenvalue weighted by atomic mass is 10.2. The van der Waals surface area contributed by atoms with Gasteiger partial charge in [0.15, 0.2) is 6.61 Å². The van der Waals surface area contributed by atoms with Crippen molar-refractivity contribution in [3.63, 3.8) is 0 Å². The highest BCUT2D eigenvalue weighted by Crippen LogP contribution is 2.00. The molecule has 20 heavy (non-hydrogen) atoms. The molecule has 0 spiro atoms. The van der Waals surface area contributed by atoms with Crippen molar-refractivity contribution >= 4 is 17.7 Å². The van der Waals surface area contributed by atoms with E-state index >= 15 is 0 Å². The first-order valence-corrected chi connectivity index (χ1v) is 5.97. The van der Waals surface area contributed by atoms with E-state index in [-0.39, 0.29) is 11.7 Å². The third kappa shape index (κ3) is 3.56. The Morgan fingerprint density at radius 2 is 1.85 bits per heavy atom.